The third-order valence-electron chi connectivity index (χ3n) is 3.20. The van der Waals surface area contributed by atoms with E-state index in [1.54, 1.807) is 18.2 Å². The largest absolute Gasteiger partial charge is 0.503 e. The molecule has 1 aliphatic carbocycles. The van der Waals surface area contributed by atoms with E-state index in [9.17, 15) is 19.8 Å². The van der Waals surface area contributed by atoms with Crippen molar-refractivity contribution < 1.29 is 19.8 Å². The Morgan fingerprint density at radius 3 is 2.17 bits per heavy atom. The third-order valence-corrected chi connectivity index (χ3v) is 3.20. The molecule has 1 aromatic carbocycles. The number of carbonyl (C=O) groups is 2. The van der Waals surface area contributed by atoms with Crippen molar-refractivity contribution in [1.29, 1.82) is 0 Å². The second kappa shape index (κ2) is 3.22. The van der Waals surface area contributed by atoms with Crippen LogP contribution < -0.4 is 0 Å². The quantitative estimate of drug-likeness (QED) is 0.622. The summed E-state index contributed by atoms with van der Waals surface area (Å²) in [5, 5.41) is 19.4. The van der Waals surface area contributed by atoms with Gasteiger partial charge in [-0.05, 0) is 0 Å². The van der Waals surface area contributed by atoms with Crippen molar-refractivity contribution in [1.82, 2.24) is 4.57 Å². The molecule has 1 aromatic heterocycles. The Morgan fingerprint density at radius 1 is 1.00 bits per heavy atom. The normalized spacial score (nSPS) is 13.4. The molecule has 0 spiro atoms. The van der Waals surface area contributed by atoms with Crippen molar-refractivity contribution in [2.75, 3.05) is 0 Å². The summed E-state index contributed by atoms with van der Waals surface area (Å²) in [7, 11) is 1.42. The fourth-order valence-electron chi connectivity index (χ4n) is 2.28. The highest BCUT2D eigenvalue weighted by atomic mass is 16.3. The number of hydrogen-bond acceptors (Lipinski definition) is 4. The van der Waals surface area contributed by atoms with E-state index in [-0.39, 0.29) is 28.2 Å². The van der Waals surface area contributed by atoms with Gasteiger partial charge in [0.25, 0.3) is 0 Å². The van der Waals surface area contributed by atoms with Crippen molar-refractivity contribution in [2.45, 2.75) is 0 Å². The number of aromatic hydroxyl groups is 2. The van der Waals surface area contributed by atoms with Gasteiger partial charge in [-0.25, -0.2) is 0 Å². The number of aromatic nitrogens is 1. The highest BCUT2D eigenvalue weighted by Gasteiger charge is 2.37. The second-order valence-electron chi connectivity index (χ2n) is 4.16. The van der Waals surface area contributed by atoms with Crippen LogP contribution in [-0.2, 0) is 7.05 Å². The van der Waals surface area contributed by atoms with Crippen LogP contribution in [0.4, 0.5) is 0 Å². The molecule has 0 atom stereocenters. The average Bonchev–Trinajstić information content (AvgIpc) is 2.61. The van der Waals surface area contributed by atoms with E-state index in [2.05, 4.69) is 0 Å². The van der Waals surface area contributed by atoms with Gasteiger partial charge in [0.2, 0.25) is 11.7 Å². The van der Waals surface area contributed by atoms with Crippen LogP contribution >= 0.6 is 0 Å². The summed E-state index contributed by atoms with van der Waals surface area (Å²) in [6.45, 7) is 0. The lowest BCUT2D eigenvalue weighted by Gasteiger charge is -2.14. The highest BCUT2D eigenvalue weighted by Crippen LogP contribution is 2.40. The second-order valence-corrected chi connectivity index (χ2v) is 4.16. The number of hydrogen-bond donors (Lipinski definition) is 2. The maximum atomic E-state index is 12.2. The summed E-state index contributed by atoms with van der Waals surface area (Å²) in [4.78, 5) is 24.4. The van der Waals surface area contributed by atoms with E-state index < -0.39 is 17.4 Å². The van der Waals surface area contributed by atoms with Gasteiger partial charge in [-0.2, -0.15) is 0 Å². The maximum Gasteiger partial charge on any atom is 0.235 e. The molecule has 0 saturated carbocycles. The molecule has 5 heteroatoms. The van der Waals surface area contributed by atoms with Crippen LogP contribution in [-0.4, -0.2) is 26.3 Å². The van der Waals surface area contributed by atoms with Gasteiger partial charge >= 0.3 is 0 Å². The number of nitrogens with zero attached hydrogens (tertiary/aromatic N) is 1. The molecule has 3 rings (SSSR count). The summed E-state index contributed by atoms with van der Waals surface area (Å²) in [5.74, 6) is -1.85. The molecule has 18 heavy (non-hydrogen) atoms. The molecule has 2 N–H and O–H groups in total. The number of rotatable bonds is 0. The van der Waals surface area contributed by atoms with Gasteiger partial charge in [0.1, 0.15) is 5.69 Å². The fraction of sp³-hybridized carbons (Fsp3) is 0.0769. The van der Waals surface area contributed by atoms with Crippen molar-refractivity contribution in [2.24, 2.45) is 7.05 Å². The minimum absolute atomic E-state index is 0.0219. The minimum atomic E-state index is -0.541. The first-order valence-corrected chi connectivity index (χ1v) is 5.33. The van der Waals surface area contributed by atoms with E-state index in [0.717, 1.165) is 4.57 Å². The lowest BCUT2D eigenvalue weighted by Crippen LogP contribution is -2.21. The Hall–Kier alpha value is -2.56. The molecule has 0 fully saturated rings. The van der Waals surface area contributed by atoms with Crippen molar-refractivity contribution in [3.8, 4) is 11.6 Å². The zero-order valence-electron chi connectivity index (χ0n) is 9.47. The van der Waals surface area contributed by atoms with Crippen LogP contribution in [0.3, 0.4) is 0 Å². The van der Waals surface area contributed by atoms with E-state index >= 15 is 0 Å². The van der Waals surface area contributed by atoms with Gasteiger partial charge in [-0.15, -0.1) is 0 Å². The molecule has 0 saturated heterocycles. The Balaban J connectivity index is 2.41. The van der Waals surface area contributed by atoms with Crippen LogP contribution in [0.1, 0.15) is 32.0 Å². The molecule has 5 nitrogen and oxygen atoms in total. The molecule has 0 unspecified atom stereocenters. The molecular formula is C13H9NO4. The molecule has 90 valence electrons. The van der Waals surface area contributed by atoms with Crippen molar-refractivity contribution >= 4 is 11.6 Å². The predicted octanol–water partition coefficient (Wildman–Crippen LogP) is 1.21. The lowest BCUT2D eigenvalue weighted by molar-refractivity contribution is 0.0972. The molecule has 0 aliphatic heterocycles. The lowest BCUT2D eigenvalue weighted by atomic mass is 9.88. The Morgan fingerprint density at radius 2 is 1.56 bits per heavy atom. The topological polar surface area (TPSA) is 79.5 Å². The average molecular weight is 243 g/mol. The van der Waals surface area contributed by atoms with E-state index in [4.69, 9.17) is 0 Å². The van der Waals surface area contributed by atoms with E-state index in [1.807, 2.05) is 0 Å². The van der Waals surface area contributed by atoms with Crippen LogP contribution in [0.15, 0.2) is 24.3 Å². The van der Waals surface area contributed by atoms with Crippen LogP contribution in [0.5, 0.6) is 11.6 Å². The Kier molecular flexibility index (Phi) is 1.90. The summed E-state index contributed by atoms with van der Waals surface area (Å²) >= 11 is 0. The number of fused-ring (bicyclic) bond motifs is 2. The van der Waals surface area contributed by atoms with Crippen molar-refractivity contribution in [3.63, 3.8) is 0 Å². The first kappa shape index (κ1) is 10.6. The third kappa shape index (κ3) is 1.05. The first-order chi connectivity index (χ1) is 8.54. The summed E-state index contributed by atoms with van der Waals surface area (Å²) < 4.78 is 1.13. The standard InChI is InChI=1S/C13H9NO4/c1-14-9-8(12(17)13(14)18)10(15)6-4-2-3-5-7(6)11(9)16/h2-5,17-18H,1H3. The number of benzene rings is 1. The van der Waals surface area contributed by atoms with Gasteiger partial charge in [0.05, 0.1) is 5.56 Å². The van der Waals surface area contributed by atoms with Gasteiger partial charge in [-0.1, -0.05) is 24.3 Å². The molecular weight excluding hydrogens is 234 g/mol. The molecule has 1 aliphatic rings. The van der Waals surface area contributed by atoms with E-state index in [0.29, 0.717) is 0 Å². The summed E-state index contributed by atoms with van der Waals surface area (Å²) in [5.41, 5.74) is 0.430. The molecule has 2 aromatic rings. The Labute approximate surface area is 102 Å². The van der Waals surface area contributed by atoms with Gasteiger partial charge in [0.15, 0.2) is 11.5 Å². The zero-order chi connectivity index (χ0) is 13.0. The van der Waals surface area contributed by atoms with Crippen molar-refractivity contribution in [3.05, 3.63) is 46.6 Å². The fourth-order valence-corrected chi connectivity index (χ4v) is 2.28. The highest BCUT2D eigenvalue weighted by molar-refractivity contribution is 6.29. The molecule has 0 amide bonds. The van der Waals surface area contributed by atoms with Crippen LogP contribution in [0.2, 0.25) is 0 Å². The number of ketones is 2. The van der Waals surface area contributed by atoms with Gasteiger partial charge in [-0.3, -0.25) is 9.59 Å². The van der Waals surface area contributed by atoms with Crippen LogP contribution in [0, 0.1) is 0 Å². The molecule has 0 radical (unpaired) electrons. The minimum Gasteiger partial charge on any atom is -0.503 e. The number of carbonyl (C=O) groups excluding carboxylic acids is 2. The zero-order valence-corrected chi connectivity index (χ0v) is 9.47. The smallest absolute Gasteiger partial charge is 0.235 e. The maximum absolute atomic E-state index is 12.2. The Bertz CT molecular complexity index is 654. The van der Waals surface area contributed by atoms with E-state index in [1.165, 1.54) is 13.1 Å². The monoisotopic (exact) mass is 243 g/mol. The summed E-state index contributed by atoms with van der Waals surface area (Å²) in [6, 6.07) is 6.40. The summed E-state index contributed by atoms with van der Waals surface area (Å²) in [6.07, 6.45) is 0. The molecule has 0 bridgehead atoms. The molecule has 1 heterocycles. The van der Waals surface area contributed by atoms with Gasteiger partial charge in [0, 0.05) is 18.2 Å². The first-order valence-electron chi connectivity index (χ1n) is 5.33. The van der Waals surface area contributed by atoms with Gasteiger partial charge < -0.3 is 14.8 Å². The SMILES string of the molecule is Cn1c(O)c(O)c2c1C(=O)c1ccccc1C2=O. The van der Waals surface area contributed by atoms with Crippen LogP contribution in [0.25, 0.3) is 0 Å². The predicted molar refractivity (Wildman–Crippen MR) is 62.0 cm³/mol.